The largest absolute Gasteiger partial charge is 0.484 e. The highest BCUT2D eigenvalue weighted by Gasteiger charge is 2.16. The van der Waals surface area contributed by atoms with Gasteiger partial charge in [0, 0.05) is 12.2 Å². The number of ether oxygens (including phenoxy) is 1. The van der Waals surface area contributed by atoms with Gasteiger partial charge in [-0.15, -0.1) is 0 Å². The van der Waals surface area contributed by atoms with Crippen LogP contribution in [0.15, 0.2) is 71.6 Å². The number of anilines is 1. The van der Waals surface area contributed by atoms with Gasteiger partial charge >= 0.3 is 0 Å². The van der Waals surface area contributed by atoms with Crippen LogP contribution < -0.4 is 14.8 Å². The summed E-state index contributed by atoms with van der Waals surface area (Å²) in [5.41, 5.74) is 4.31. The van der Waals surface area contributed by atoms with Crippen LogP contribution in [0.5, 0.6) is 5.75 Å². The standard InChI is InChI=1S/C24H26N2O4S/c1-17-7-9-21(10-8-17)26-31(28,29)22-11-12-23(19(3)14-22)30-16-24(27)25-15-20-6-4-5-18(2)13-20/h4-14,26H,15-16H2,1-3H3,(H,25,27). The molecule has 7 heteroatoms. The van der Waals surface area contributed by atoms with Crippen LogP contribution in [0.1, 0.15) is 22.3 Å². The Morgan fingerprint density at radius 2 is 1.65 bits per heavy atom. The van der Waals surface area contributed by atoms with Crippen molar-refractivity contribution < 1.29 is 17.9 Å². The van der Waals surface area contributed by atoms with Crippen LogP contribution in [0.3, 0.4) is 0 Å². The molecule has 0 bridgehead atoms. The molecule has 3 aromatic carbocycles. The van der Waals surface area contributed by atoms with E-state index in [0.717, 1.165) is 16.7 Å². The van der Waals surface area contributed by atoms with Crippen molar-refractivity contribution in [3.05, 3.63) is 89.0 Å². The number of benzene rings is 3. The van der Waals surface area contributed by atoms with Gasteiger partial charge in [-0.3, -0.25) is 9.52 Å². The van der Waals surface area contributed by atoms with E-state index in [-0.39, 0.29) is 17.4 Å². The highest BCUT2D eigenvalue weighted by atomic mass is 32.2. The Kier molecular flexibility index (Phi) is 6.97. The van der Waals surface area contributed by atoms with Gasteiger partial charge in [0.05, 0.1) is 4.90 Å². The number of aryl methyl sites for hydroxylation is 3. The van der Waals surface area contributed by atoms with Crippen molar-refractivity contribution in [2.45, 2.75) is 32.2 Å². The van der Waals surface area contributed by atoms with E-state index < -0.39 is 10.0 Å². The van der Waals surface area contributed by atoms with Gasteiger partial charge in [0.1, 0.15) is 5.75 Å². The Morgan fingerprint density at radius 1 is 0.903 bits per heavy atom. The van der Waals surface area contributed by atoms with Gasteiger partial charge in [0.15, 0.2) is 6.61 Å². The van der Waals surface area contributed by atoms with Gasteiger partial charge in [0.2, 0.25) is 0 Å². The molecule has 6 nitrogen and oxygen atoms in total. The minimum Gasteiger partial charge on any atom is -0.484 e. The molecule has 0 spiro atoms. The Balaban J connectivity index is 1.58. The Hall–Kier alpha value is -3.32. The molecule has 0 heterocycles. The zero-order valence-corrected chi connectivity index (χ0v) is 18.6. The summed E-state index contributed by atoms with van der Waals surface area (Å²) in [7, 11) is -3.72. The smallest absolute Gasteiger partial charge is 0.261 e. The zero-order valence-electron chi connectivity index (χ0n) is 17.8. The number of rotatable bonds is 8. The number of carbonyl (C=O) groups excluding carboxylic acids is 1. The molecule has 0 aliphatic carbocycles. The van der Waals surface area contributed by atoms with Crippen LogP contribution in [0.25, 0.3) is 0 Å². The van der Waals surface area contributed by atoms with E-state index in [1.807, 2.05) is 50.2 Å². The third-order valence-corrected chi connectivity index (χ3v) is 6.07. The molecule has 0 saturated carbocycles. The van der Waals surface area contributed by atoms with Crippen molar-refractivity contribution in [1.29, 1.82) is 0 Å². The predicted molar refractivity (Wildman–Crippen MR) is 122 cm³/mol. The fraction of sp³-hybridized carbons (Fsp3) is 0.208. The number of hydrogen-bond acceptors (Lipinski definition) is 4. The van der Waals surface area contributed by atoms with Crippen molar-refractivity contribution >= 4 is 21.6 Å². The average Bonchev–Trinajstić information content (AvgIpc) is 2.73. The lowest BCUT2D eigenvalue weighted by molar-refractivity contribution is -0.123. The Morgan fingerprint density at radius 3 is 2.32 bits per heavy atom. The van der Waals surface area contributed by atoms with Gasteiger partial charge in [-0.2, -0.15) is 0 Å². The average molecular weight is 439 g/mol. The lowest BCUT2D eigenvalue weighted by Crippen LogP contribution is -2.28. The number of amides is 1. The third-order valence-electron chi connectivity index (χ3n) is 4.69. The van der Waals surface area contributed by atoms with Gasteiger partial charge in [-0.25, -0.2) is 8.42 Å². The molecule has 162 valence electrons. The third kappa shape index (κ3) is 6.33. The van der Waals surface area contributed by atoms with Gasteiger partial charge in [0.25, 0.3) is 15.9 Å². The second-order valence-corrected chi connectivity index (χ2v) is 9.14. The summed E-state index contributed by atoms with van der Waals surface area (Å²) in [5.74, 6) is 0.207. The van der Waals surface area contributed by atoms with E-state index in [0.29, 0.717) is 23.5 Å². The highest BCUT2D eigenvalue weighted by molar-refractivity contribution is 7.92. The number of carbonyl (C=O) groups is 1. The molecule has 0 unspecified atom stereocenters. The van der Waals surface area contributed by atoms with E-state index in [4.69, 9.17) is 4.74 Å². The molecule has 1 amide bonds. The molecule has 0 aliphatic rings. The first-order valence-corrected chi connectivity index (χ1v) is 11.4. The van der Waals surface area contributed by atoms with Crippen LogP contribution in [0.4, 0.5) is 5.69 Å². The molecule has 0 atom stereocenters. The summed E-state index contributed by atoms with van der Waals surface area (Å²) in [5, 5.41) is 2.81. The van der Waals surface area contributed by atoms with E-state index in [1.165, 1.54) is 12.1 Å². The van der Waals surface area contributed by atoms with Crippen LogP contribution >= 0.6 is 0 Å². The Labute approximate surface area is 183 Å². The number of sulfonamides is 1. The van der Waals surface area contributed by atoms with Crippen molar-refractivity contribution in [2.75, 3.05) is 11.3 Å². The molecule has 3 rings (SSSR count). The van der Waals surface area contributed by atoms with Crippen molar-refractivity contribution in [2.24, 2.45) is 0 Å². The van der Waals surface area contributed by atoms with Gasteiger partial charge < -0.3 is 10.1 Å². The second kappa shape index (κ2) is 9.66. The monoisotopic (exact) mass is 438 g/mol. The second-order valence-electron chi connectivity index (χ2n) is 7.45. The normalized spacial score (nSPS) is 11.1. The molecular formula is C24H26N2O4S. The maximum Gasteiger partial charge on any atom is 0.261 e. The topological polar surface area (TPSA) is 84.5 Å². The van der Waals surface area contributed by atoms with Crippen LogP contribution in [-0.2, 0) is 21.4 Å². The Bertz CT molecular complexity index is 1170. The molecule has 0 saturated heterocycles. The maximum absolute atomic E-state index is 12.6. The fourth-order valence-corrected chi connectivity index (χ4v) is 4.15. The number of hydrogen-bond donors (Lipinski definition) is 2. The molecular weight excluding hydrogens is 412 g/mol. The van der Waals surface area contributed by atoms with Gasteiger partial charge in [-0.05, 0) is 62.2 Å². The molecule has 0 radical (unpaired) electrons. The minimum atomic E-state index is -3.72. The van der Waals surface area contributed by atoms with E-state index in [1.54, 1.807) is 25.1 Å². The highest BCUT2D eigenvalue weighted by Crippen LogP contribution is 2.23. The summed E-state index contributed by atoms with van der Waals surface area (Å²) < 4.78 is 33.4. The zero-order chi connectivity index (χ0) is 22.4. The molecule has 31 heavy (non-hydrogen) atoms. The summed E-state index contributed by atoms with van der Waals surface area (Å²) in [6, 6.07) is 19.6. The van der Waals surface area contributed by atoms with Crippen LogP contribution in [-0.4, -0.2) is 20.9 Å². The van der Waals surface area contributed by atoms with Crippen molar-refractivity contribution in [3.63, 3.8) is 0 Å². The molecule has 3 aromatic rings. The summed E-state index contributed by atoms with van der Waals surface area (Å²) in [6.07, 6.45) is 0. The predicted octanol–water partition coefficient (Wildman–Crippen LogP) is 4.11. The first-order valence-electron chi connectivity index (χ1n) is 9.88. The van der Waals surface area contributed by atoms with E-state index >= 15 is 0 Å². The summed E-state index contributed by atoms with van der Waals surface area (Å²) >= 11 is 0. The molecule has 0 aromatic heterocycles. The first kappa shape index (κ1) is 22.4. The van der Waals surface area contributed by atoms with E-state index in [9.17, 15) is 13.2 Å². The lowest BCUT2D eigenvalue weighted by atomic mass is 10.1. The molecule has 0 fully saturated rings. The quantitative estimate of drug-likeness (QED) is 0.554. The molecule has 0 aliphatic heterocycles. The van der Waals surface area contributed by atoms with Crippen molar-refractivity contribution in [1.82, 2.24) is 5.32 Å². The van der Waals surface area contributed by atoms with Crippen LogP contribution in [0.2, 0.25) is 0 Å². The van der Waals surface area contributed by atoms with Gasteiger partial charge in [-0.1, -0.05) is 47.5 Å². The first-order chi connectivity index (χ1) is 14.7. The molecule has 2 N–H and O–H groups in total. The SMILES string of the molecule is Cc1ccc(NS(=O)(=O)c2ccc(OCC(=O)NCc3cccc(C)c3)c(C)c2)cc1. The summed E-state index contributed by atoms with van der Waals surface area (Å²) in [6.45, 7) is 5.94. The van der Waals surface area contributed by atoms with Crippen molar-refractivity contribution in [3.8, 4) is 5.75 Å². The minimum absolute atomic E-state index is 0.127. The lowest BCUT2D eigenvalue weighted by Gasteiger charge is -2.12. The summed E-state index contributed by atoms with van der Waals surface area (Å²) in [4.78, 5) is 12.2. The number of nitrogens with one attached hydrogen (secondary N) is 2. The maximum atomic E-state index is 12.6. The fourth-order valence-electron chi connectivity index (χ4n) is 3.00. The van der Waals surface area contributed by atoms with Crippen LogP contribution in [0, 0.1) is 20.8 Å². The van der Waals surface area contributed by atoms with E-state index in [2.05, 4.69) is 10.0 Å².